The van der Waals surface area contributed by atoms with Crippen molar-refractivity contribution in [3.8, 4) is 37.0 Å². The van der Waals surface area contributed by atoms with Crippen LogP contribution >= 0.6 is 7.60 Å². The van der Waals surface area contributed by atoms with Crippen molar-refractivity contribution in [1.82, 2.24) is 21.3 Å². The molecular formula is C28H41N4O7P. The summed E-state index contributed by atoms with van der Waals surface area (Å²) < 4.78 is 22.7. The average molecular weight is 577 g/mol. The Kier molecular flexibility index (Phi) is 15.7. The molecule has 1 atom stereocenters. The van der Waals surface area contributed by atoms with E-state index < -0.39 is 13.1 Å². The number of carbonyl (C=O) groups is 4. The lowest BCUT2D eigenvalue weighted by Crippen LogP contribution is -2.52. The quantitative estimate of drug-likeness (QED) is 0.151. The third kappa shape index (κ3) is 13.7. The standard InChI is InChI=1S/C28H41N4O7P/c1-6-19-29-24(33)13-16-28(17-14-25(34)30-20-7-2,18-15-26(35)31-21-8-3)32-27(36)22-9-11-23(12-10-22)39-40(5,37)38-4/h1-3,22-23H,9-21H2,4-5H3,(H,29,33)(H,30,34)(H,31,35)(H,32,36)/t22-,23+,40?. The summed E-state index contributed by atoms with van der Waals surface area (Å²) in [6.07, 6.45) is 18.0. The summed E-state index contributed by atoms with van der Waals surface area (Å²) in [7, 11) is -1.83. The number of terminal acetylenes is 3. The summed E-state index contributed by atoms with van der Waals surface area (Å²) in [5, 5.41) is 10.9. The second-order valence-corrected chi connectivity index (χ2v) is 11.9. The Bertz CT molecular complexity index is 965. The van der Waals surface area contributed by atoms with Crippen LogP contribution in [0.1, 0.15) is 64.2 Å². The largest absolute Gasteiger partial charge is 0.350 e. The molecule has 12 heteroatoms. The molecule has 1 rings (SSSR count). The fourth-order valence-electron chi connectivity index (χ4n) is 4.44. The highest BCUT2D eigenvalue weighted by Crippen LogP contribution is 2.46. The summed E-state index contributed by atoms with van der Waals surface area (Å²) >= 11 is 0. The van der Waals surface area contributed by atoms with Crippen LogP contribution < -0.4 is 21.3 Å². The first-order valence-corrected chi connectivity index (χ1v) is 15.2. The van der Waals surface area contributed by atoms with Gasteiger partial charge in [-0.25, -0.2) is 0 Å². The average Bonchev–Trinajstić information content (AvgIpc) is 2.94. The molecule has 0 bridgehead atoms. The van der Waals surface area contributed by atoms with Gasteiger partial charge in [0, 0.05) is 44.5 Å². The Labute approximate surface area is 237 Å². The molecular weight excluding hydrogens is 535 g/mol. The van der Waals surface area contributed by atoms with E-state index >= 15 is 0 Å². The van der Waals surface area contributed by atoms with Gasteiger partial charge in [0.15, 0.2) is 0 Å². The summed E-state index contributed by atoms with van der Waals surface area (Å²) in [4.78, 5) is 50.7. The van der Waals surface area contributed by atoms with Gasteiger partial charge >= 0.3 is 7.60 Å². The van der Waals surface area contributed by atoms with Crippen LogP contribution in [0.5, 0.6) is 0 Å². The number of amides is 4. The number of nitrogens with one attached hydrogen (secondary N) is 4. The van der Waals surface area contributed by atoms with E-state index in [9.17, 15) is 23.7 Å². The lowest BCUT2D eigenvalue weighted by molar-refractivity contribution is -0.131. The normalized spacial score (nSPS) is 18.1. The second kappa shape index (κ2) is 18.1. The fraction of sp³-hybridized carbons (Fsp3) is 0.643. The number of hydrogen-bond donors (Lipinski definition) is 4. The predicted molar refractivity (Wildman–Crippen MR) is 151 cm³/mol. The zero-order valence-corrected chi connectivity index (χ0v) is 24.3. The maximum Gasteiger partial charge on any atom is 0.327 e. The molecule has 4 N–H and O–H groups in total. The van der Waals surface area contributed by atoms with Gasteiger partial charge in [-0.2, -0.15) is 0 Å². The van der Waals surface area contributed by atoms with E-state index in [1.54, 1.807) is 0 Å². The van der Waals surface area contributed by atoms with Crippen LogP contribution in [0.15, 0.2) is 0 Å². The van der Waals surface area contributed by atoms with Gasteiger partial charge in [0.05, 0.1) is 25.7 Å². The van der Waals surface area contributed by atoms with Crippen molar-refractivity contribution in [2.24, 2.45) is 5.92 Å². The molecule has 0 aromatic carbocycles. The molecule has 220 valence electrons. The molecule has 1 aliphatic carbocycles. The molecule has 0 aromatic rings. The van der Waals surface area contributed by atoms with Gasteiger partial charge in [-0.15, -0.1) is 19.3 Å². The molecule has 1 saturated carbocycles. The lowest BCUT2D eigenvalue weighted by atomic mass is 9.81. The first kappa shape index (κ1) is 34.7. The molecule has 1 aliphatic rings. The SMILES string of the molecule is C#CCNC(=O)CCC(CCC(=O)NCC#C)(CCC(=O)NCC#C)NC(=O)[C@H]1CC[C@@H](OP(C)(=O)OC)CC1. The van der Waals surface area contributed by atoms with Gasteiger partial charge < -0.3 is 30.3 Å². The highest BCUT2D eigenvalue weighted by molar-refractivity contribution is 7.52. The van der Waals surface area contributed by atoms with Crippen LogP contribution in [0.3, 0.4) is 0 Å². The van der Waals surface area contributed by atoms with Crippen molar-refractivity contribution in [2.75, 3.05) is 33.4 Å². The zero-order valence-electron chi connectivity index (χ0n) is 23.4. The number of hydrogen-bond acceptors (Lipinski definition) is 7. The van der Waals surface area contributed by atoms with Gasteiger partial charge in [-0.05, 0) is 44.9 Å². The van der Waals surface area contributed by atoms with Crippen molar-refractivity contribution in [3.63, 3.8) is 0 Å². The molecule has 0 aliphatic heterocycles. The first-order valence-electron chi connectivity index (χ1n) is 13.2. The molecule has 1 fully saturated rings. The maximum atomic E-state index is 13.5. The van der Waals surface area contributed by atoms with Gasteiger partial charge in [0.25, 0.3) is 0 Å². The van der Waals surface area contributed by atoms with Crippen LogP contribution in [0, 0.1) is 42.9 Å². The molecule has 0 spiro atoms. The van der Waals surface area contributed by atoms with Gasteiger partial charge in [0.2, 0.25) is 23.6 Å². The Balaban J connectivity index is 3.09. The van der Waals surface area contributed by atoms with Crippen molar-refractivity contribution in [1.29, 1.82) is 0 Å². The van der Waals surface area contributed by atoms with E-state index in [1.807, 2.05) is 0 Å². The Hall–Kier alpha value is -3.29. The van der Waals surface area contributed by atoms with Crippen LogP contribution in [-0.4, -0.2) is 68.7 Å². The smallest absolute Gasteiger partial charge is 0.327 e. The van der Waals surface area contributed by atoms with Crippen LogP contribution in [0.4, 0.5) is 0 Å². The Morgan fingerprint density at radius 2 is 1.20 bits per heavy atom. The molecule has 40 heavy (non-hydrogen) atoms. The third-order valence-corrected chi connectivity index (χ3v) is 8.10. The molecule has 1 unspecified atom stereocenters. The number of carbonyl (C=O) groups excluding carboxylic acids is 4. The summed E-state index contributed by atoms with van der Waals surface area (Å²) in [5.74, 6) is 5.45. The van der Waals surface area contributed by atoms with Crippen molar-refractivity contribution in [3.05, 3.63) is 0 Å². The maximum absolute atomic E-state index is 13.5. The first-order chi connectivity index (χ1) is 19.0. The third-order valence-electron chi connectivity index (χ3n) is 6.76. The van der Waals surface area contributed by atoms with E-state index in [1.165, 1.54) is 13.8 Å². The monoisotopic (exact) mass is 576 g/mol. The van der Waals surface area contributed by atoms with Gasteiger partial charge in [-0.3, -0.25) is 23.7 Å². The Morgan fingerprint density at radius 3 is 1.55 bits per heavy atom. The Morgan fingerprint density at radius 1 is 0.800 bits per heavy atom. The van der Waals surface area contributed by atoms with Gasteiger partial charge in [-0.1, -0.05) is 17.8 Å². The zero-order chi connectivity index (χ0) is 30.0. The minimum atomic E-state index is -3.15. The van der Waals surface area contributed by atoms with Crippen LogP contribution in [0.25, 0.3) is 0 Å². The van der Waals surface area contributed by atoms with Crippen LogP contribution in [-0.2, 0) is 32.8 Å². The lowest BCUT2D eigenvalue weighted by Gasteiger charge is -2.37. The topological polar surface area (TPSA) is 152 Å². The second-order valence-electron chi connectivity index (χ2n) is 9.75. The summed E-state index contributed by atoms with van der Waals surface area (Å²) in [6.45, 7) is 1.57. The molecule has 0 saturated heterocycles. The van der Waals surface area contributed by atoms with Gasteiger partial charge in [0.1, 0.15) is 0 Å². The van der Waals surface area contributed by atoms with E-state index in [4.69, 9.17) is 28.3 Å². The number of rotatable bonds is 17. The van der Waals surface area contributed by atoms with E-state index in [0.717, 1.165) is 0 Å². The molecule has 0 heterocycles. The highest BCUT2D eigenvalue weighted by atomic mass is 31.2. The summed E-state index contributed by atoms with van der Waals surface area (Å²) in [5.41, 5.74) is -1.05. The van der Waals surface area contributed by atoms with Crippen molar-refractivity contribution < 1.29 is 32.8 Å². The summed E-state index contributed by atoms with van der Waals surface area (Å²) in [6, 6.07) is 0. The van der Waals surface area contributed by atoms with E-state index in [2.05, 4.69) is 39.0 Å². The molecule has 11 nitrogen and oxygen atoms in total. The minimum absolute atomic E-state index is 0.0172. The highest BCUT2D eigenvalue weighted by Gasteiger charge is 2.37. The molecule has 4 amide bonds. The van der Waals surface area contributed by atoms with E-state index in [0.29, 0.717) is 25.7 Å². The molecule has 0 radical (unpaired) electrons. The van der Waals surface area contributed by atoms with Crippen molar-refractivity contribution in [2.45, 2.75) is 75.9 Å². The fourth-order valence-corrected chi connectivity index (χ4v) is 5.28. The minimum Gasteiger partial charge on any atom is -0.350 e. The van der Waals surface area contributed by atoms with Crippen molar-refractivity contribution >= 4 is 31.2 Å². The predicted octanol–water partition coefficient (Wildman–Crippen LogP) is 1.47. The van der Waals surface area contributed by atoms with Crippen LogP contribution in [0.2, 0.25) is 0 Å². The van der Waals surface area contributed by atoms with E-state index in [-0.39, 0.29) is 93.8 Å². The molecule has 0 aromatic heterocycles.